The number of nitrogens with zero attached hydrogens (tertiary/aromatic N) is 1. The molecular formula is C48H56F2IrNO2-. The van der Waals surface area contributed by atoms with Crippen LogP contribution >= 0.6 is 0 Å². The maximum Gasteiger partial charge on any atom is 0.162 e. The van der Waals surface area contributed by atoms with Crippen LogP contribution in [0.25, 0.3) is 44.3 Å². The van der Waals surface area contributed by atoms with E-state index < -0.39 is 11.6 Å². The molecule has 0 saturated heterocycles. The summed E-state index contributed by atoms with van der Waals surface area (Å²) < 4.78 is 30.9. The van der Waals surface area contributed by atoms with Crippen LogP contribution in [0.1, 0.15) is 99.1 Å². The normalized spacial score (nSPS) is 11.9. The van der Waals surface area contributed by atoms with Crippen molar-refractivity contribution in [2.45, 2.75) is 99.8 Å². The van der Waals surface area contributed by atoms with Crippen LogP contribution in [0, 0.1) is 35.5 Å². The van der Waals surface area contributed by atoms with E-state index in [1.807, 2.05) is 70.2 Å². The fraction of sp³-hybridized carbons (Fsp3) is 0.375. The third-order valence-corrected chi connectivity index (χ3v) is 9.96. The molecule has 0 aliphatic rings. The number of ketones is 1. The summed E-state index contributed by atoms with van der Waals surface area (Å²) >= 11 is 0. The van der Waals surface area contributed by atoms with Gasteiger partial charge in [-0.25, -0.2) is 8.78 Å². The second-order valence-corrected chi connectivity index (χ2v) is 15.4. The summed E-state index contributed by atoms with van der Waals surface area (Å²) in [6, 6.07) is 27.8. The first kappa shape index (κ1) is 44.4. The molecule has 6 heteroatoms. The third kappa shape index (κ3) is 11.3. The third-order valence-electron chi connectivity index (χ3n) is 9.96. The standard InChI is InChI=1S/C35H32F2N.C13H24O2.Ir/c1-22(2)16-23-10-12-24(13-11-23)27-19-31(36)34(32(37)20-27)26-14-15-38-33(21-26)28-17-25-8-6-7-9-29(25)30(18-28)35(3,4)5;1-5-10(6-2)12(14)9-13(15)11(7-3)8-4;/h6-15,18-22H,16H2,1-5H3;9-11,14H,5-8H2,1-4H3;/q-1;;/b;12-9-;. The number of rotatable bonds is 12. The number of halogens is 2. The minimum absolute atomic E-state index is 0. The summed E-state index contributed by atoms with van der Waals surface area (Å²) in [5.41, 5.74) is 5.43. The smallest absolute Gasteiger partial charge is 0.162 e. The average molecular weight is 909 g/mol. The van der Waals surface area contributed by atoms with Gasteiger partial charge in [-0.1, -0.05) is 122 Å². The van der Waals surface area contributed by atoms with Crippen molar-refractivity contribution in [2.75, 3.05) is 0 Å². The van der Waals surface area contributed by atoms with Gasteiger partial charge in [-0.15, -0.1) is 29.1 Å². The molecule has 0 atom stereocenters. The van der Waals surface area contributed by atoms with Gasteiger partial charge >= 0.3 is 0 Å². The van der Waals surface area contributed by atoms with Gasteiger partial charge in [0.25, 0.3) is 0 Å². The zero-order chi connectivity index (χ0) is 38.9. The van der Waals surface area contributed by atoms with Gasteiger partial charge in [-0.2, -0.15) is 0 Å². The maximum atomic E-state index is 15.4. The monoisotopic (exact) mass is 909 g/mol. The van der Waals surface area contributed by atoms with Gasteiger partial charge < -0.3 is 5.11 Å². The summed E-state index contributed by atoms with van der Waals surface area (Å²) in [6.07, 6.45) is 7.48. The van der Waals surface area contributed by atoms with Gasteiger partial charge in [0.1, 0.15) is 11.6 Å². The number of carbonyl (C=O) groups is 1. The average Bonchev–Trinajstić information content (AvgIpc) is 3.12. The Kier molecular flexibility index (Phi) is 16.5. The van der Waals surface area contributed by atoms with Crippen LogP contribution in [-0.2, 0) is 36.7 Å². The molecule has 54 heavy (non-hydrogen) atoms. The second kappa shape index (κ2) is 20.1. The molecule has 0 saturated carbocycles. The molecule has 0 aliphatic heterocycles. The SMILES string of the molecule is CC(C)Cc1ccc(-c2cc(F)c(-c3ccnc(-c4[c-]c5ccccc5c(C(C)(C)C)c4)c3)c(F)c2)cc1.CCC(CC)C(=O)/C=C(\O)C(CC)CC.[Ir]. The first-order valence-corrected chi connectivity index (χ1v) is 19.2. The Balaban J connectivity index is 0.000000418. The van der Waals surface area contributed by atoms with Crippen molar-refractivity contribution in [1.82, 2.24) is 4.98 Å². The number of pyridine rings is 1. The Bertz CT molecular complexity index is 2000. The number of benzene rings is 4. The van der Waals surface area contributed by atoms with Crippen molar-refractivity contribution in [3.05, 3.63) is 126 Å². The quantitative estimate of drug-likeness (QED) is 0.0771. The summed E-state index contributed by atoms with van der Waals surface area (Å²) in [4.78, 5) is 16.3. The number of hydrogen-bond donors (Lipinski definition) is 1. The van der Waals surface area contributed by atoms with Crippen LogP contribution in [0.4, 0.5) is 8.78 Å². The van der Waals surface area contributed by atoms with E-state index in [2.05, 4.69) is 57.8 Å². The van der Waals surface area contributed by atoms with Gasteiger partial charge in [0.2, 0.25) is 0 Å². The summed E-state index contributed by atoms with van der Waals surface area (Å²) in [7, 11) is 0. The van der Waals surface area contributed by atoms with Gasteiger partial charge in [0.15, 0.2) is 5.78 Å². The number of aliphatic hydroxyl groups excluding tert-OH is 1. The van der Waals surface area contributed by atoms with Crippen LogP contribution in [-0.4, -0.2) is 15.9 Å². The van der Waals surface area contributed by atoms with E-state index in [-0.39, 0.29) is 54.5 Å². The fourth-order valence-corrected chi connectivity index (χ4v) is 6.82. The number of aliphatic hydroxyl groups is 1. The predicted molar refractivity (Wildman–Crippen MR) is 218 cm³/mol. The molecule has 0 amide bonds. The van der Waals surface area contributed by atoms with Gasteiger partial charge in [-0.3, -0.25) is 9.78 Å². The molecule has 0 bridgehead atoms. The zero-order valence-electron chi connectivity index (χ0n) is 33.3. The van der Waals surface area contributed by atoms with Crippen LogP contribution in [0.5, 0.6) is 0 Å². The minimum Gasteiger partial charge on any atom is -0.512 e. The Morgan fingerprint density at radius 2 is 1.39 bits per heavy atom. The molecule has 5 aromatic rings. The topological polar surface area (TPSA) is 50.2 Å². The van der Waals surface area contributed by atoms with E-state index >= 15 is 8.78 Å². The Hall–Kier alpha value is -3.99. The molecule has 1 radical (unpaired) electrons. The first-order valence-electron chi connectivity index (χ1n) is 19.2. The summed E-state index contributed by atoms with van der Waals surface area (Å²) in [5.74, 6) is -0.0961. The van der Waals surface area contributed by atoms with E-state index in [0.29, 0.717) is 22.7 Å². The minimum atomic E-state index is -0.596. The van der Waals surface area contributed by atoms with Crippen LogP contribution in [0.3, 0.4) is 0 Å². The Labute approximate surface area is 335 Å². The van der Waals surface area contributed by atoms with E-state index in [1.54, 1.807) is 18.3 Å². The van der Waals surface area contributed by atoms with Crippen molar-refractivity contribution >= 4 is 16.6 Å². The van der Waals surface area contributed by atoms with E-state index in [0.717, 1.165) is 54.0 Å². The van der Waals surface area contributed by atoms with Crippen molar-refractivity contribution in [3.63, 3.8) is 0 Å². The van der Waals surface area contributed by atoms with Crippen molar-refractivity contribution < 1.29 is 38.8 Å². The Morgan fingerprint density at radius 1 is 0.796 bits per heavy atom. The van der Waals surface area contributed by atoms with E-state index in [1.165, 1.54) is 29.3 Å². The molecule has 1 N–H and O–H groups in total. The number of allylic oxidation sites excluding steroid dienone is 2. The fourth-order valence-electron chi connectivity index (χ4n) is 6.82. The first-order chi connectivity index (χ1) is 25.2. The van der Waals surface area contributed by atoms with Gasteiger partial charge in [-0.05, 0) is 83.9 Å². The number of hydrogen-bond acceptors (Lipinski definition) is 3. The van der Waals surface area contributed by atoms with Crippen molar-refractivity contribution in [2.24, 2.45) is 17.8 Å². The van der Waals surface area contributed by atoms with Crippen LogP contribution < -0.4 is 0 Å². The summed E-state index contributed by atoms with van der Waals surface area (Å²) in [6.45, 7) is 18.9. The van der Waals surface area contributed by atoms with Gasteiger partial charge in [0.05, 0.1) is 11.3 Å². The molecule has 5 rings (SSSR count). The van der Waals surface area contributed by atoms with Crippen LogP contribution in [0.15, 0.2) is 96.9 Å². The summed E-state index contributed by atoms with van der Waals surface area (Å²) in [5, 5.41) is 11.9. The largest absolute Gasteiger partial charge is 0.512 e. The predicted octanol–water partition coefficient (Wildman–Crippen LogP) is 13.7. The second-order valence-electron chi connectivity index (χ2n) is 15.4. The molecule has 3 nitrogen and oxygen atoms in total. The molecule has 0 spiro atoms. The molecule has 1 aromatic heterocycles. The number of carbonyl (C=O) groups excluding carboxylic acids is 1. The van der Waals surface area contributed by atoms with Crippen molar-refractivity contribution in [1.29, 1.82) is 0 Å². The molecule has 0 unspecified atom stereocenters. The molecule has 0 aliphatic carbocycles. The van der Waals surface area contributed by atoms with Crippen LogP contribution in [0.2, 0.25) is 0 Å². The molecule has 0 fully saturated rings. The number of aromatic nitrogens is 1. The van der Waals surface area contributed by atoms with E-state index in [4.69, 9.17) is 0 Å². The van der Waals surface area contributed by atoms with E-state index in [9.17, 15) is 9.90 Å². The maximum absolute atomic E-state index is 15.4. The van der Waals surface area contributed by atoms with Gasteiger partial charge in [0, 0.05) is 49.9 Å². The molecular weight excluding hydrogens is 853 g/mol. The molecule has 1 heterocycles. The molecule has 4 aromatic carbocycles. The number of fused-ring (bicyclic) bond motifs is 1. The molecule has 289 valence electrons. The van der Waals surface area contributed by atoms with Crippen molar-refractivity contribution in [3.8, 4) is 33.5 Å². The zero-order valence-corrected chi connectivity index (χ0v) is 35.7. The Morgan fingerprint density at radius 3 is 1.94 bits per heavy atom.